The SMILES string of the molecule is Cc1cc(OC2CCC(C(C)(C)C)CC2)cc2ccc(CN3CCC(C(=O)O)C3)cc12. The van der Waals surface area contributed by atoms with Gasteiger partial charge in [-0.1, -0.05) is 32.9 Å². The number of fused-ring (bicyclic) bond motifs is 1. The van der Waals surface area contributed by atoms with Gasteiger partial charge in [-0.05, 0) is 97.0 Å². The molecule has 2 aromatic rings. The van der Waals surface area contributed by atoms with Gasteiger partial charge in [-0.3, -0.25) is 9.69 Å². The summed E-state index contributed by atoms with van der Waals surface area (Å²) >= 11 is 0. The molecule has 31 heavy (non-hydrogen) atoms. The number of carboxylic acids is 1. The molecule has 1 aliphatic heterocycles. The maximum Gasteiger partial charge on any atom is 0.307 e. The first kappa shape index (κ1) is 22.1. The summed E-state index contributed by atoms with van der Waals surface area (Å²) in [7, 11) is 0. The van der Waals surface area contributed by atoms with Gasteiger partial charge in [0, 0.05) is 13.1 Å². The predicted octanol–water partition coefficient (Wildman–Crippen LogP) is 6.04. The summed E-state index contributed by atoms with van der Waals surface area (Å²) in [6.07, 6.45) is 5.87. The van der Waals surface area contributed by atoms with E-state index >= 15 is 0 Å². The molecule has 0 amide bonds. The Labute approximate surface area is 186 Å². The van der Waals surface area contributed by atoms with Crippen molar-refractivity contribution in [1.82, 2.24) is 4.90 Å². The minimum absolute atomic E-state index is 0.222. The quantitative estimate of drug-likeness (QED) is 0.637. The molecule has 1 aliphatic carbocycles. The molecule has 4 nitrogen and oxygen atoms in total. The Morgan fingerprint density at radius 2 is 1.84 bits per heavy atom. The average Bonchev–Trinajstić information content (AvgIpc) is 3.17. The van der Waals surface area contributed by atoms with E-state index < -0.39 is 5.97 Å². The molecule has 1 saturated heterocycles. The smallest absolute Gasteiger partial charge is 0.307 e. The molecule has 1 heterocycles. The van der Waals surface area contributed by atoms with Gasteiger partial charge >= 0.3 is 5.97 Å². The zero-order valence-corrected chi connectivity index (χ0v) is 19.5. The highest BCUT2D eigenvalue weighted by Crippen LogP contribution is 2.39. The molecule has 4 rings (SSSR count). The van der Waals surface area contributed by atoms with Crippen LogP contribution in [0.1, 0.15) is 64.0 Å². The van der Waals surface area contributed by atoms with Gasteiger partial charge in [-0.2, -0.15) is 0 Å². The van der Waals surface area contributed by atoms with Crippen molar-refractivity contribution in [2.24, 2.45) is 17.3 Å². The zero-order chi connectivity index (χ0) is 22.2. The third-order valence-electron chi connectivity index (χ3n) is 7.43. The number of benzene rings is 2. The number of carboxylic acid groups (broad SMARTS) is 1. The normalized spacial score (nSPS) is 25.1. The minimum atomic E-state index is -0.670. The Morgan fingerprint density at radius 3 is 2.48 bits per heavy atom. The lowest BCUT2D eigenvalue weighted by molar-refractivity contribution is -0.141. The van der Waals surface area contributed by atoms with Crippen molar-refractivity contribution in [2.45, 2.75) is 72.4 Å². The Balaban J connectivity index is 1.41. The molecule has 2 aliphatic rings. The number of carbonyl (C=O) groups is 1. The number of rotatable bonds is 5. The number of likely N-dealkylation sites (tertiary alicyclic amines) is 1. The van der Waals surface area contributed by atoms with E-state index in [-0.39, 0.29) is 5.92 Å². The first-order valence-electron chi connectivity index (χ1n) is 11.8. The summed E-state index contributed by atoms with van der Waals surface area (Å²) < 4.78 is 6.41. The summed E-state index contributed by atoms with van der Waals surface area (Å²) in [6.45, 7) is 11.5. The lowest BCUT2D eigenvalue weighted by atomic mass is 9.72. The van der Waals surface area contributed by atoms with E-state index in [2.05, 4.69) is 62.9 Å². The molecule has 1 N–H and O–H groups in total. The van der Waals surface area contributed by atoms with E-state index in [4.69, 9.17) is 4.74 Å². The van der Waals surface area contributed by atoms with Crippen LogP contribution in [0.2, 0.25) is 0 Å². The van der Waals surface area contributed by atoms with Crippen molar-refractivity contribution in [3.8, 4) is 5.75 Å². The van der Waals surface area contributed by atoms with Crippen molar-refractivity contribution < 1.29 is 14.6 Å². The van der Waals surface area contributed by atoms with E-state index in [9.17, 15) is 9.90 Å². The molecule has 2 fully saturated rings. The van der Waals surface area contributed by atoms with Crippen LogP contribution in [0.4, 0.5) is 0 Å². The number of ether oxygens (including phenoxy) is 1. The number of aryl methyl sites for hydroxylation is 1. The minimum Gasteiger partial charge on any atom is -0.490 e. The summed E-state index contributed by atoms with van der Waals surface area (Å²) in [5.41, 5.74) is 2.88. The lowest BCUT2D eigenvalue weighted by Gasteiger charge is -2.37. The van der Waals surface area contributed by atoms with Gasteiger partial charge in [0.05, 0.1) is 12.0 Å². The van der Waals surface area contributed by atoms with Gasteiger partial charge < -0.3 is 9.84 Å². The fourth-order valence-electron chi connectivity index (χ4n) is 5.40. The fraction of sp³-hybridized carbons (Fsp3) is 0.593. The summed E-state index contributed by atoms with van der Waals surface area (Å²) in [5, 5.41) is 11.7. The second kappa shape index (κ2) is 8.82. The molecule has 2 aromatic carbocycles. The Kier molecular flexibility index (Phi) is 6.30. The van der Waals surface area contributed by atoms with Crippen LogP contribution in [0.3, 0.4) is 0 Å². The van der Waals surface area contributed by atoms with E-state index in [1.165, 1.54) is 34.7 Å². The van der Waals surface area contributed by atoms with E-state index in [0.717, 1.165) is 44.0 Å². The summed E-state index contributed by atoms with van der Waals surface area (Å²) in [5.74, 6) is 0.892. The Hall–Kier alpha value is -2.07. The van der Waals surface area contributed by atoms with Crippen LogP contribution in [0.15, 0.2) is 30.3 Å². The highest BCUT2D eigenvalue weighted by molar-refractivity contribution is 5.87. The number of hydrogen-bond acceptors (Lipinski definition) is 3. The molecule has 1 unspecified atom stereocenters. The summed E-state index contributed by atoms with van der Waals surface area (Å²) in [4.78, 5) is 13.5. The molecule has 1 saturated carbocycles. The van der Waals surface area contributed by atoms with Crippen LogP contribution < -0.4 is 4.74 Å². The van der Waals surface area contributed by atoms with Crippen molar-refractivity contribution in [3.63, 3.8) is 0 Å². The maximum atomic E-state index is 11.2. The van der Waals surface area contributed by atoms with Crippen LogP contribution in [-0.4, -0.2) is 35.2 Å². The number of hydrogen-bond donors (Lipinski definition) is 1. The topological polar surface area (TPSA) is 49.8 Å². The molecule has 4 heteroatoms. The average molecular weight is 424 g/mol. The monoisotopic (exact) mass is 423 g/mol. The van der Waals surface area contributed by atoms with Crippen LogP contribution in [0.25, 0.3) is 10.8 Å². The third kappa shape index (κ3) is 5.23. The Bertz CT molecular complexity index is 937. The molecule has 0 radical (unpaired) electrons. The van der Waals surface area contributed by atoms with Crippen molar-refractivity contribution >= 4 is 16.7 Å². The standard InChI is InChI=1S/C27H37NO3/c1-18-13-24(31-23-9-7-22(8-10-23)27(2,3)4)15-20-6-5-19(14-25(18)20)16-28-12-11-21(17-28)26(29)30/h5-6,13-15,21-23H,7-12,16-17H2,1-4H3,(H,29,30). The van der Waals surface area contributed by atoms with Gasteiger partial charge in [0.1, 0.15) is 5.75 Å². The van der Waals surface area contributed by atoms with Crippen LogP contribution in [0.5, 0.6) is 5.75 Å². The first-order valence-corrected chi connectivity index (χ1v) is 11.8. The fourth-order valence-corrected chi connectivity index (χ4v) is 5.40. The highest BCUT2D eigenvalue weighted by Gasteiger charge is 2.30. The van der Waals surface area contributed by atoms with Crippen molar-refractivity contribution in [2.75, 3.05) is 13.1 Å². The maximum absolute atomic E-state index is 11.2. The van der Waals surface area contributed by atoms with Crippen LogP contribution in [0, 0.1) is 24.2 Å². The molecule has 0 bridgehead atoms. The van der Waals surface area contributed by atoms with Crippen molar-refractivity contribution in [3.05, 3.63) is 41.5 Å². The second-order valence-corrected chi connectivity index (χ2v) is 10.8. The lowest BCUT2D eigenvalue weighted by Crippen LogP contribution is -2.30. The number of nitrogens with zero attached hydrogens (tertiary/aromatic N) is 1. The van der Waals surface area contributed by atoms with Gasteiger partial charge in [0.25, 0.3) is 0 Å². The van der Waals surface area contributed by atoms with Crippen LogP contribution >= 0.6 is 0 Å². The molecule has 0 spiro atoms. The number of aliphatic carboxylic acids is 1. The van der Waals surface area contributed by atoms with E-state index in [0.29, 0.717) is 18.1 Å². The van der Waals surface area contributed by atoms with Gasteiger partial charge in [-0.15, -0.1) is 0 Å². The van der Waals surface area contributed by atoms with Crippen molar-refractivity contribution in [1.29, 1.82) is 0 Å². The molecule has 168 valence electrons. The van der Waals surface area contributed by atoms with E-state index in [1.807, 2.05) is 0 Å². The van der Waals surface area contributed by atoms with Gasteiger partial charge in [-0.25, -0.2) is 0 Å². The molecule has 1 atom stereocenters. The van der Waals surface area contributed by atoms with Gasteiger partial charge in [0.2, 0.25) is 0 Å². The van der Waals surface area contributed by atoms with Crippen LogP contribution in [-0.2, 0) is 11.3 Å². The third-order valence-corrected chi connectivity index (χ3v) is 7.43. The van der Waals surface area contributed by atoms with E-state index in [1.54, 1.807) is 0 Å². The Morgan fingerprint density at radius 1 is 1.10 bits per heavy atom. The zero-order valence-electron chi connectivity index (χ0n) is 19.5. The molecular formula is C27H37NO3. The highest BCUT2D eigenvalue weighted by atomic mass is 16.5. The molecule has 0 aromatic heterocycles. The van der Waals surface area contributed by atoms with Gasteiger partial charge in [0.15, 0.2) is 0 Å². The molecular weight excluding hydrogens is 386 g/mol. The summed E-state index contributed by atoms with van der Waals surface area (Å²) in [6, 6.07) is 11.0. The first-order chi connectivity index (χ1) is 14.7. The second-order valence-electron chi connectivity index (χ2n) is 10.8. The largest absolute Gasteiger partial charge is 0.490 e. The predicted molar refractivity (Wildman–Crippen MR) is 126 cm³/mol.